The molecular weight excluding hydrogens is 376 g/mol. The van der Waals surface area contributed by atoms with Crippen LogP contribution in [0.15, 0.2) is 10.7 Å². The highest BCUT2D eigenvalue weighted by Gasteiger charge is 2.21. The number of esters is 1. The maximum atomic E-state index is 12.9. The molecule has 3 nitrogen and oxygen atoms in total. The van der Waals surface area contributed by atoms with Gasteiger partial charge in [0.25, 0.3) is 6.43 Å². The molecule has 100 valence electrons. The number of hydrogen-bond acceptors (Lipinski definition) is 3. The SMILES string of the molecule is CCOC(=O)Cc1cc(CBr)nc(Br)c1C(F)F. The first-order chi connectivity index (χ1) is 8.49. The fraction of sp³-hybridized carbons (Fsp3) is 0.455. The van der Waals surface area contributed by atoms with Crippen LogP contribution in [0.1, 0.15) is 30.2 Å². The second-order valence-electron chi connectivity index (χ2n) is 3.39. The molecule has 18 heavy (non-hydrogen) atoms. The van der Waals surface area contributed by atoms with E-state index in [0.29, 0.717) is 11.0 Å². The summed E-state index contributed by atoms with van der Waals surface area (Å²) in [4.78, 5) is 15.3. The van der Waals surface area contributed by atoms with Gasteiger partial charge in [-0.1, -0.05) is 15.9 Å². The summed E-state index contributed by atoms with van der Waals surface area (Å²) in [6.45, 7) is 1.89. The Hall–Kier alpha value is -0.560. The number of alkyl halides is 3. The Kier molecular flexibility index (Phi) is 6.14. The number of rotatable bonds is 5. The van der Waals surface area contributed by atoms with Crippen molar-refractivity contribution in [2.45, 2.75) is 25.1 Å². The zero-order valence-corrected chi connectivity index (χ0v) is 12.7. The number of nitrogens with zero attached hydrogens (tertiary/aromatic N) is 1. The molecule has 0 saturated heterocycles. The summed E-state index contributed by atoms with van der Waals surface area (Å²) in [5, 5.41) is 0.422. The van der Waals surface area contributed by atoms with E-state index in [0.717, 1.165) is 0 Å². The molecular formula is C11H11Br2F2NO2. The molecule has 7 heteroatoms. The number of carbonyl (C=O) groups excluding carboxylic acids is 1. The van der Waals surface area contributed by atoms with Crippen LogP contribution in [0.2, 0.25) is 0 Å². The molecule has 1 aromatic heterocycles. The predicted molar refractivity (Wildman–Crippen MR) is 69.9 cm³/mol. The van der Waals surface area contributed by atoms with Gasteiger partial charge in [-0.2, -0.15) is 0 Å². The van der Waals surface area contributed by atoms with Crippen molar-refractivity contribution in [2.75, 3.05) is 6.61 Å². The lowest BCUT2D eigenvalue weighted by Crippen LogP contribution is -2.11. The summed E-state index contributed by atoms with van der Waals surface area (Å²) in [7, 11) is 0. The average molecular weight is 387 g/mol. The van der Waals surface area contributed by atoms with E-state index >= 15 is 0 Å². The van der Waals surface area contributed by atoms with Gasteiger partial charge in [-0.25, -0.2) is 13.8 Å². The number of hydrogen-bond donors (Lipinski definition) is 0. The van der Waals surface area contributed by atoms with Crippen LogP contribution in [0, 0.1) is 0 Å². The Morgan fingerprint density at radius 3 is 2.72 bits per heavy atom. The lowest BCUT2D eigenvalue weighted by molar-refractivity contribution is -0.142. The van der Waals surface area contributed by atoms with E-state index in [1.807, 2.05) is 0 Å². The minimum atomic E-state index is -2.69. The van der Waals surface area contributed by atoms with Crippen LogP contribution >= 0.6 is 31.9 Å². The van der Waals surface area contributed by atoms with Crippen molar-refractivity contribution in [3.63, 3.8) is 0 Å². The van der Waals surface area contributed by atoms with Crippen LogP contribution in [-0.4, -0.2) is 17.6 Å². The first-order valence-electron chi connectivity index (χ1n) is 5.17. The third-order valence-corrected chi connectivity index (χ3v) is 3.33. The van der Waals surface area contributed by atoms with Crippen molar-refractivity contribution in [1.29, 1.82) is 0 Å². The van der Waals surface area contributed by atoms with Crippen molar-refractivity contribution in [1.82, 2.24) is 4.98 Å². The normalized spacial score (nSPS) is 10.8. The van der Waals surface area contributed by atoms with Gasteiger partial charge in [0.15, 0.2) is 0 Å². The summed E-state index contributed by atoms with van der Waals surface area (Å²) in [6, 6.07) is 1.48. The smallest absolute Gasteiger partial charge is 0.310 e. The van der Waals surface area contributed by atoms with Crippen LogP contribution in [0.5, 0.6) is 0 Å². The van der Waals surface area contributed by atoms with E-state index in [-0.39, 0.29) is 28.8 Å². The molecule has 0 unspecified atom stereocenters. The van der Waals surface area contributed by atoms with Crippen LogP contribution in [0.4, 0.5) is 8.78 Å². The molecule has 0 saturated carbocycles. The van der Waals surface area contributed by atoms with Gasteiger partial charge in [0.1, 0.15) is 4.60 Å². The van der Waals surface area contributed by atoms with E-state index in [9.17, 15) is 13.6 Å². The fourth-order valence-electron chi connectivity index (χ4n) is 1.44. The van der Waals surface area contributed by atoms with Crippen LogP contribution in [0.3, 0.4) is 0 Å². The summed E-state index contributed by atoms with van der Waals surface area (Å²) < 4.78 is 30.7. The van der Waals surface area contributed by atoms with E-state index in [1.165, 1.54) is 6.07 Å². The Balaban J connectivity index is 3.13. The zero-order chi connectivity index (χ0) is 13.7. The standard InChI is InChI=1S/C11H11Br2F2NO2/c1-2-18-8(17)4-6-3-7(5-12)16-10(13)9(6)11(14)15/h3,11H,2,4-5H2,1H3. The van der Waals surface area contributed by atoms with Crippen LogP contribution in [-0.2, 0) is 21.3 Å². The van der Waals surface area contributed by atoms with Gasteiger partial charge in [0.05, 0.1) is 24.3 Å². The lowest BCUT2D eigenvalue weighted by Gasteiger charge is -2.11. The van der Waals surface area contributed by atoms with Gasteiger partial charge in [0.2, 0.25) is 0 Å². The third-order valence-electron chi connectivity index (χ3n) is 2.15. The van der Waals surface area contributed by atoms with Crippen molar-refractivity contribution in [3.05, 3.63) is 27.5 Å². The molecule has 0 bridgehead atoms. The summed E-state index contributed by atoms with van der Waals surface area (Å²) in [5.41, 5.74) is 0.554. The number of ether oxygens (including phenoxy) is 1. The number of pyridine rings is 1. The molecule has 0 atom stereocenters. The molecule has 1 aromatic rings. The monoisotopic (exact) mass is 385 g/mol. The molecule has 1 rings (SSSR count). The Bertz CT molecular complexity index is 441. The fourth-order valence-corrected chi connectivity index (χ4v) is 2.39. The van der Waals surface area contributed by atoms with Crippen molar-refractivity contribution in [2.24, 2.45) is 0 Å². The van der Waals surface area contributed by atoms with Gasteiger partial charge in [-0.05, 0) is 34.5 Å². The molecule has 1 heterocycles. The van der Waals surface area contributed by atoms with E-state index in [1.54, 1.807) is 6.92 Å². The number of carbonyl (C=O) groups is 1. The average Bonchev–Trinajstić information content (AvgIpc) is 2.27. The van der Waals surface area contributed by atoms with E-state index < -0.39 is 12.4 Å². The Labute approximate surface area is 120 Å². The molecule has 0 aliphatic heterocycles. The number of aromatic nitrogens is 1. The van der Waals surface area contributed by atoms with Gasteiger partial charge < -0.3 is 4.74 Å². The summed E-state index contributed by atoms with van der Waals surface area (Å²) in [5.74, 6) is -0.530. The van der Waals surface area contributed by atoms with Gasteiger partial charge in [-0.15, -0.1) is 0 Å². The molecule has 0 fully saturated rings. The second-order valence-corrected chi connectivity index (χ2v) is 4.71. The highest BCUT2D eigenvalue weighted by atomic mass is 79.9. The van der Waals surface area contributed by atoms with E-state index in [4.69, 9.17) is 4.74 Å². The molecule has 0 aliphatic carbocycles. The van der Waals surface area contributed by atoms with Crippen molar-refractivity contribution < 1.29 is 18.3 Å². The molecule has 0 spiro atoms. The minimum Gasteiger partial charge on any atom is -0.466 e. The molecule has 0 N–H and O–H groups in total. The van der Waals surface area contributed by atoms with Crippen molar-refractivity contribution >= 4 is 37.8 Å². The lowest BCUT2D eigenvalue weighted by atomic mass is 10.1. The van der Waals surface area contributed by atoms with Gasteiger partial charge in [0, 0.05) is 5.33 Å². The van der Waals surface area contributed by atoms with Crippen LogP contribution < -0.4 is 0 Å². The zero-order valence-electron chi connectivity index (χ0n) is 9.55. The maximum absolute atomic E-state index is 12.9. The first-order valence-corrected chi connectivity index (χ1v) is 7.09. The molecule has 0 aliphatic rings. The van der Waals surface area contributed by atoms with Crippen molar-refractivity contribution in [3.8, 4) is 0 Å². The Morgan fingerprint density at radius 1 is 1.56 bits per heavy atom. The minimum absolute atomic E-state index is 0.0637. The summed E-state index contributed by atoms with van der Waals surface area (Å²) >= 11 is 6.20. The van der Waals surface area contributed by atoms with Gasteiger partial charge in [-0.3, -0.25) is 4.79 Å². The second kappa shape index (κ2) is 7.13. The quantitative estimate of drug-likeness (QED) is 0.439. The third kappa shape index (κ3) is 3.98. The molecule has 0 amide bonds. The Morgan fingerprint density at radius 2 is 2.22 bits per heavy atom. The summed E-state index contributed by atoms with van der Waals surface area (Å²) in [6.07, 6.45) is -2.88. The van der Waals surface area contributed by atoms with E-state index in [2.05, 4.69) is 36.8 Å². The largest absolute Gasteiger partial charge is 0.466 e. The van der Waals surface area contributed by atoms with Gasteiger partial charge >= 0.3 is 5.97 Å². The first kappa shape index (κ1) is 15.5. The maximum Gasteiger partial charge on any atom is 0.310 e. The highest BCUT2D eigenvalue weighted by molar-refractivity contribution is 9.10. The number of halogens is 4. The molecule has 0 radical (unpaired) electrons. The predicted octanol–water partition coefficient (Wildman–Crippen LogP) is 3.78. The highest BCUT2D eigenvalue weighted by Crippen LogP contribution is 2.30. The van der Waals surface area contributed by atoms with Crippen LogP contribution in [0.25, 0.3) is 0 Å². The topological polar surface area (TPSA) is 39.2 Å². The molecule has 0 aromatic carbocycles.